The van der Waals surface area contributed by atoms with Gasteiger partial charge in [-0.25, -0.2) is 9.55 Å². The summed E-state index contributed by atoms with van der Waals surface area (Å²) in [5, 5.41) is 3.78. The Morgan fingerprint density at radius 1 is 1.25 bits per heavy atom. The van der Waals surface area contributed by atoms with Gasteiger partial charge >= 0.3 is 7.80 Å². The van der Waals surface area contributed by atoms with Gasteiger partial charge in [-0.2, -0.15) is 4.98 Å². The molecule has 0 saturated carbocycles. The molecule has 0 saturated heterocycles. The maximum absolute atomic E-state index is 12.9. The molecule has 3 rings (SSSR count). The van der Waals surface area contributed by atoms with Gasteiger partial charge in [0.15, 0.2) is 5.65 Å². The summed E-state index contributed by atoms with van der Waals surface area (Å²) in [5.74, 6) is 0.456. The second kappa shape index (κ2) is 6.89. The molecule has 0 aliphatic carbocycles. The zero-order chi connectivity index (χ0) is 17.1. The maximum Gasteiger partial charge on any atom is 0.357 e. The first-order chi connectivity index (χ1) is 11.6. The van der Waals surface area contributed by atoms with E-state index >= 15 is 0 Å². The van der Waals surface area contributed by atoms with Crippen molar-refractivity contribution in [1.82, 2.24) is 14.5 Å². The molecule has 2 heterocycles. The van der Waals surface area contributed by atoms with Gasteiger partial charge in [0.1, 0.15) is 6.66 Å². The largest absolute Gasteiger partial charge is 0.357 e. The number of benzene rings is 1. The van der Waals surface area contributed by atoms with Crippen molar-refractivity contribution in [3.05, 3.63) is 52.9 Å². The zero-order valence-corrected chi connectivity index (χ0v) is 14.5. The van der Waals surface area contributed by atoms with E-state index in [4.69, 9.17) is 0 Å². The molecule has 0 radical (unpaired) electrons. The third kappa shape index (κ3) is 3.19. The smallest absolute Gasteiger partial charge is 0.354 e. The molecule has 0 amide bonds. The van der Waals surface area contributed by atoms with Crippen LogP contribution in [0.25, 0.3) is 22.2 Å². The third-order valence-corrected chi connectivity index (χ3v) is 4.27. The number of pyridine rings is 1. The quantitative estimate of drug-likeness (QED) is 0.721. The van der Waals surface area contributed by atoms with E-state index in [2.05, 4.69) is 15.3 Å². The van der Waals surface area contributed by atoms with E-state index in [1.54, 1.807) is 18.9 Å². The molecule has 122 valence electrons. The first kappa shape index (κ1) is 16.3. The molecule has 1 atom stereocenters. The first-order valence-corrected chi connectivity index (χ1v) is 9.57. The van der Waals surface area contributed by atoms with Gasteiger partial charge in [-0.05, 0) is 18.6 Å². The summed E-state index contributed by atoms with van der Waals surface area (Å²) in [5.41, 5.74) is 1.68. The molecule has 1 aromatic carbocycles. The second-order valence-electron chi connectivity index (χ2n) is 5.43. The molecular weight excluding hydrogens is 323 g/mol. The van der Waals surface area contributed by atoms with Crippen LogP contribution in [0, 0.1) is 0 Å². The van der Waals surface area contributed by atoms with Crippen LogP contribution < -0.4 is 10.9 Å². The van der Waals surface area contributed by atoms with Crippen LogP contribution in [0.3, 0.4) is 0 Å². The Hall–Kier alpha value is -2.59. The Bertz CT molecular complexity index is 954. The number of nitrogens with one attached hydrogen (secondary N) is 1. The lowest BCUT2D eigenvalue weighted by Crippen LogP contribution is -2.22. The van der Waals surface area contributed by atoms with Gasteiger partial charge < -0.3 is 5.32 Å². The van der Waals surface area contributed by atoms with Gasteiger partial charge in [0.05, 0.1) is 0 Å². The van der Waals surface area contributed by atoms with Gasteiger partial charge in [-0.3, -0.25) is 4.79 Å². The molecule has 0 aliphatic rings. The van der Waals surface area contributed by atoms with Crippen LogP contribution >= 0.6 is 7.80 Å². The Morgan fingerprint density at radius 3 is 2.67 bits per heavy atom. The lowest BCUT2D eigenvalue weighted by molar-refractivity contribution is 0.584. The number of rotatable bonds is 5. The van der Waals surface area contributed by atoms with E-state index in [0.717, 1.165) is 10.9 Å². The highest BCUT2D eigenvalue weighted by molar-refractivity contribution is 7.42. The number of hydrogen-bond donors (Lipinski definition) is 1. The van der Waals surface area contributed by atoms with Crippen LogP contribution in [0.1, 0.15) is 6.92 Å². The fraction of sp³-hybridized carbons (Fsp3) is 0.235. The topological polar surface area (TPSA) is 76.9 Å². The van der Waals surface area contributed by atoms with Crippen molar-refractivity contribution in [3.63, 3.8) is 0 Å². The minimum absolute atomic E-state index is 0.133. The maximum atomic E-state index is 12.9. The van der Waals surface area contributed by atoms with Crippen molar-refractivity contribution in [3.8, 4) is 11.1 Å². The number of anilines is 1. The summed E-state index contributed by atoms with van der Waals surface area (Å²) in [6.07, 6.45) is 1.82. The molecule has 24 heavy (non-hydrogen) atoms. The molecule has 1 N–H and O–H groups in total. The van der Waals surface area contributed by atoms with Crippen molar-refractivity contribution < 1.29 is 4.57 Å². The molecular formula is C17H18N4O2P+. The molecule has 3 aromatic rings. The van der Waals surface area contributed by atoms with Gasteiger partial charge in [-0.15, -0.1) is 0 Å². The summed E-state index contributed by atoms with van der Waals surface area (Å²) in [7, 11) is -1.53. The van der Waals surface area contributed by atoms with Crippen LogP contribution in [-0.4, -0.2) is 27.7 Å². The van der Waals surface area contributed by atoms with Crippen molar-refractivity contribution in [2.45, 2.75) is 13.2 Å². The van der Waals surface area contributed by atoms with Gasteiger partial charge in [0.25, 0.3) is 5.56 Å². The van der Waals surface area contributed by atoms with Crippen molar-refractivity contribution in [2.75, 3.05) is 18.5 Å². The Kier molecular flexibility index (Phi) is 4.67. The lowest BCUT2D eigenvalue weighted by atomic mass is 10.1. The molecule has 2 aromatic heterocycles. The second-order valence-corrected chi connectivity index (χ2v) is 6.97. The van der Waals surface area contributed by atoms with Crippen LogP contribution in [0.2, 0.25) is 0 Å². The molecule has 0 fully saturated rings. The van der Waals surface area contributed by atoms with E-state index in [0.29, 0.717) is 23.7 Å². The lowest BCUT2D eigenvalue weighted by Gasteiger charge is -2.10. The van der Waals surface area contributed by atoms with Crippen LogP contribution in [0.15, 0.2) is 47.4 Å². The standard InChI is InChI=1S/C17H17N4O2P/c1-3-18-17-19-10-13-9-14(12-7-5-4-6-8-12)16(22)21(11-24(2)23)15(13)20-17/h4-10H,3,11H2,1-2H3/p+1. The number of aromatic nitrogens is 3. The Labute approximate surface area is 140 Å². The monoisotopic (exact) mass is 341 g/mol. The Balaban J connectivity index is 2.29. The zero-order valence-electron chi connectivity index (χ0n) is 13.6. The fourth-order valence-electron chi connectivity index (χ4n) is 2.56. The van der Waals surface area contributed by atoms with E-state index in [1.807, 2.05) is 37.3 Å². The fourth-order valence-corrected chi connectivity index (χ4v) is 3.22. The van der Waals surface area contributed by atoms with Crippen molar-refractivity contribution in [2.24, 2.45) is 0 Å². The predicted molar refractivity (Wildman–Crippen MR) is 96.9 cm³/mol. The summed E-state index contributed by atoms with van der Waals surface area (Å²) in [4.78, 5) is 21.6. The average Bonchev–Trinajstić information content (AvgIpc) is 2.58. The normalized spacial score (nSPS) is 11.5. The molecule has 0 aliphatic heterocycles. The predicted octanol–water partition coefficient (Wildman–Crippen LogP) is 3.31. The van der Waals surface area contributed by atoms with Crippen LogP contribution in [0.5, 0.6) is 0 Å². The summed E-state index contributed by atoms with van der Waals surface area (Å²) < 4.78 is 13.3. The molecule has 6 nitrogen and oxygen atoms in total. The first-order valence-electron chi connectivity index (χ1n) is 7.68. The van der Waals surface area contributed by atoms with E-state index in [1.165, 1.54) is 4.57 Å². The van der Waals surface area contributed by atoms with Gasteiger partial charge in [0.2, 0.25) is 12.2 Å². The van der Waals surface area contributed by atoms with Crippen molar-refractivity contribution in [1.29, 1.82) is 0 Å². The molecule has 1 unspecified atom stereocenters. The minimum atomic E-state index is -1.53. The van der Waals surface area contributed by atoms with Gasteiger partial charge in [-0.1, -0.05) is 34.9 Å². The van der Waals surface area contributed by atoms with Gasteiger partial charge in [0, 0.05) is 23.7 Å². The molecule has 0 bridgehead atoms. The highest BCUT2D eigenvalue weighted by atomic mass is 31.1. The number of nitrogens with zero attached hydrogens (tertiary/aromatic N) is 3. The summed E-state index contributed by atoms with van der Waals surface area (Å²) >= 11 is 0. The average molecular weight is 341 g/mol. The SMILES string of the molecule is CCNc1ncc2cc(-c3ccccc3)c(=O)n(C[P+](C)=O)c2n1. The third-order valence-electron chi connectivity index (χ3n) is 3.59. The summed E-state index contributed by atoms with van der Waals surface area (Å²) in [6.45, 7) is 4.23. The highest BCUT2D eigenvalue weighted by Crippen LogP contribution is 2.24. The minimum Gasteiger partial charge on any atom is -0.354 e. The Morgan fingerprint density at radius 2 is 2.00 bits per heavy atom. The van der Waals surface area contributed by atoms with E-state index < -0.39 is 7.80 Å². The van der Waals surface area contributed by atoms with E-state index in [9.17, 15) is 9.36 Å². The number of fused-ring (bicyclic) bond motifs is 1. The molecule has 7 heteroatoms. The molecule has 0 spiro atoms. The van der Waals surface area contributed by atoms with Crippen LogP contribution in [0.4, 0.5) is 5.95 Å². The van der Waals surface area contributed by atoms with Crippen LogP contribution in [-0.2, 0) is 10.9 Å². The van der Waals surface area contributed by atoms with E-state index in [-0.39, 0.29) is 11.8 Å². The summed E-state index contributed by atoms with van der Waals surface area (Å²) in [6, 6.07) is 11.2. The van der Waals surface area contributed by atoms with Crippen molar-refractivity contribution >= 4 is 24.8 Å². The highest BCUT2D eigenvalue weighted by Gasteiger charge is 2.18. The number of hydrogen-bond acceptors (Lipinski definition) is 5.